The molecule has 0 radical (unpaired) electrons. The van der Waals surface area contributed by atoms with Crippen LogP contribution in [-0.4, -0.2) is 0 Å². The average molecular weight is 206 g/mol. The summed E-state index contributed by atoms with van der Waals surface area (Å²) in [5.41, 5.74) is 1.42. The maximum absolute atomic E-state index is 2.57. The Hall–Kier alpha value is 0. The molecule has 2 bridgehead atoms. The van der Waals surface area contributed by atoms with E-state index in [9.17, 15) is 0 Å². The number of hydrogen-bond donors (Lipinski definition) is 0. The predicted molar refractivity (Wildman–Crippen MR) is 64.6 cm³/mol. The summed E-state index contributed by atoms with van der Waals surface area (Å²) >= 11 is 0. The van der Waals surface area contributed by atoms with E-state index in [-0.39, 0.29) is 0 Å². The first-order valence-electron chi connectivity index (χ1n) is 6.98. The van der Waals surface area contributed by atoms with Crippen molar-refractivity contribution in [1.29, 1.82) is 0 Å². The molecule has 3 saturated carbocycles. The van der Waals surface area contributed by atoms with Crippen molar-refractivity contribution in [3.05, 3.63) is 0 Å². The lowest BCUT2D eigenvalue weighted by molar-refractivity contribution is 0.104. The SMILES string of the molecule is C[C@@H]1CC[C@@]23C[C@@H]1C(C)(C)[C@@H]2CC[C@H]3C. The van der Waals surface area contributed by atoms with Crippen LogP contribution in [0.4, 0.5) is 0 Å². The van der Waals surface area contributed by atoms with Gasteiger partial charge in [-0.05, 0) is 66.6 Å². The van der Waals surface area contributed by atoms with Gasteiger partial charge in [0.05, 0.1) is 0 Å². The summed E-state index contributed by atoms with van der Waals surface area (Å²) in [6.07, 6.45) is 7.65. The zero-order valence-electron chi connectivity index (χ0n) is 10.8. The standard InChI is InChI=1S/C15H26/c1-10-7-8-15-9-12(10)14(3,4)13(15)6-5-11(15)2/h10-13H,5-9H2,1-4H3/t10-,11-,12+,13+,15+/m1/s1. The van der Waals surface area contributed by atoms with Gasteiger partial charge in [-0.25, -0.2) is 0 Å². The fourth-order valence-electron chi connectivity index (χ4n) is 5.88. The molecule has 0 saturated heterocycles. The second-order valence-corrected chi connectivity index (χ2v) is 7.41. The molecule has 1 spiro atoms. The van der Waals surface area contributed by atoms with Crippen LogP contribution in [0.1, 0.15) is 59.8 Å². The molecule has 3 rings (SSSR count). The van der Waals surface area contributed by atoms with Crippen LogP contribution in [0, 0.1) is 34.5 Å². The third-order valence-electron chi connectivity index (χ3n) is 6.77. The van der Waals surface area contributed by atoms with Crippen molar-refractivity contribution in [2.24, 2.45) is 34.5 Å². The van der Waals surface area contributed by atoms with Crippen LogP contribution in [0.25, 0.3) is 0 Å². The first kappa shape index (κ1) is 10.2. The number of rotatable bonds is 0. The van der Waals surface area contributed by atoms with Gasteiger partial charge in [0, 0.05) is 0 Å². The Balaban J connectivity index is 2.04. The van der Waals surface area contributed by atoms with Crippen LogP contribution >= 0.6 is 0 Å². The molecule has 0 unspecified atom stereocenters. The lowest BCUT2D eigenvalue weighted by atomic mass is 9.66. The molecule has 0 heterocycles. The molecule has 0 N–H and O–H groups in total. The van der Waals surface area contributed by atoms with Crippen molar-refractivity contribution in [3.63, 3.8) is 0 Å². The molecule has 0 heteroatoms. The highest BCUT2D eigenvalue weighted by atomic mass is 14.7. The second-order valence-electron chi connectivity index (χ2n) is 7.41. The zero-order valence-corrected chi connectivity index (χ0v) is 10.8. The van der Waals surface area contributed by atoms with Gasteiger partial charge in [0.25, 0.3) is 0 Å². The molecule has 0 amide bonds. The molecule has 0 aliphatic heterocycles. The van der Waals surface area contributed by atoms with E-state index < -0.39 is 0 Å². The van der Waals surface area contributed by atoms with Crippen molar-refractivity contribution >= 4 is 0 Å². The Labute approximate surface area is 94.8 Å². The summed E-state index contributed by atoms with van der Waals surface area (Å²) in [4.78, 5) is 0. The zero-order chi connectivity index (χ0) is 10.8. The van der Waals surface area contributed by atoms with Gasteiger partial charge in [0.1, 0.15) is 0 Å². The Kier molecular flexibility index (Phi) is 1.91. The van der Waals surface area contributed by atoms with E-state index in [2.05, 4.69) is 27.7 Å². The normalized spacial score (nSPS) is 56.8. The summed E-state index contributed by atoms with van der Waals surface area (Å²) in [6.45, 7) is 10.2. The highest BCUT2D eigenvalue weighted by molar-refractivity contribution is 5.13. The van der Waals surface area contributed by atoms with Gasteiger partial charge in [-0.2, -0.15) is 0 Å². The van der Waals surface area contributed by atoms with Crippen LogP contribution in [0.3, 0.4) is 0 Å². The predicted octanol–water partition coefficient (Wildman–Crippen LogP) is 4.49. The molecule has 5 atom stereocenters. The topological polar surface area (TPSA) is 0 Å². The highest BCUT2D eigenvalue weighted by Crippen LogP contribution is 2.72. The van der Waals surface area contributed by atoms with Crippen molar-refractivity contribution in [2.45, 2.75) is 59.8 Å². The monoisotopic (exact) mass is 206 g/mol. The highest BCUT2D eigenvalue weighted by Gasteiger charge is 2.64. The second kappa shape index (κ2) is 2.81. The van der Waals surface area contributed by atoms with E-state index >= 15 is 0 Å². The first-order chi connectivity index (χ1) is 6.98. The van der Waals surface area contributed by atoms with E-state index in [0.717, 1.165) is 29.1 Å². The molecule has 86 valence electrons. The van der Waals surface area contributed by atoms with Crippen molar-refractivity contribution in [3.8, 4) is 0 Å². The van der Waals surface area contributed by atoms with Gasteiger partial charge >= 0.3 is 0 Å². The number of fused-ring (bicyclic) bond motifs is 1. The van der Waals surface area contributed by atoms with Crippen LogP contribution in [0.5, 0.6) is 0 Å². The van der Waals surface area contributed by atoms with E-state index in [4.69, 9.17) is 0 Å². The van der Waals surface area contributed by atoms with E-state index in [1.165, 1.54) is 19.3 Å². The van der Waals surface area contributed by atoms with Crippen LogP contribution in [-0.2, 0) is 0 Å². The summed E-state index contributed by atoms with van der Waals surface area (Å²) in [5.74, 6) is 4.08. The fourth-order valence-corrected chi connectivity index (χ4v) is 5.88. The molecule has 3 aliphatic carbocycles. The molecule has 0 aromatic rings. The van der Waals surface area contributed by atoms with E-state index in [0.29, 0.717) is 5.41 Å². The van der Waals surface area contributed by atoms with Crippen LogP contribution < -0.4 is 0 Å². The maximum atomic E-state index is 2.57. The minimum Gasteiger partial charge on any atom is -0.0622 e. The van der Waals surface area contributed by atoms with E-state index in [1.54, 1.807) is 12.8 Å². The van der Waals surface area contributed by atoms with Crippen molar-refractivity contribution in [1.82, 2.24) is 0 Å². The first-order valence-corrected chi connectivity index (χ1v) is 6.98. The smallest absolute Gasteiger partial charge is 0.0235 e. The van der Waals surface area contributed by atoms with Crippen molar-refractivity contribution in [2.75, 3.05) is 0 Å². The Morgan fingerprint density at radius 2 is 1.73 bits per heavy atom. The molecule has 3 fully saturated rings. The quantitative estimate of drug-likeness (QED) is 0.547. The van der Waals surface area contributed by atoms with Gasteiger partial charge in [-0.15, -0.1) is 0 Å². The van der Waals surface area contributed by atoms with Crippen LogP contribution in [0.15, 0.2) is 0 Å². The van der Waals surface area contributed by atoms with Gasteiger partial charge < -0.3 is 0 Å². The Bertz CT molecular complexity index is 278. The van der Waals surface area contributed by atoms with Gasteiger partial charge in [-0.1, -0.05) is 27.7 Å². The fraction of sp³-hybridized carbons (Fsp3) is 1.00. The maximum Gasteiger partial charge on any atom is -0.0235 e. The Morgan fingerprint density at radius 1 is 1.00 bits per heavy atom. The third-order valence-corrected chi connectivity index (χ3v) is 6.77. The van der Waals surface area contributed by atoms with Crippen molar-refractivity contribution < 1.29 is 0 Å². The molecule has 0 aromatic carbocycles. The van der Waals surface area contributed by atoms with Gasteiger partial charge in [-0.3, -0.25) is 0 Å². The van der Waals surface area contributed by atoms with Gasteiger partial charge in [0.15, 0.2) is 0 Å². The molecular weight excluding hydrogens is 180 g/mol. The molecule has 15 heavy (non-hydrogen) atoms. The minimum absolute atomic E-state index is 0.640. The van der Waals surface area contributed by atoms with E-state index in [1.807, 2.05) is 0 Å². The third kappa shape index (κ3) is 1.04. The van der Waals surface area contributed by atoms with Crippen LogP contribution in [0.2, 0.25) is 0 Å². The van der Waals surface area contributed by atoms with Gasteiger partial charge in [0.2, 0.25) is 0 Å². The summed E-state index contributed by atoms with van der Waals surface area (Å²) in [5, 5.41) is 0. The molecule has 3 aliphatic rings. The Morgan fingerprint density at radius 3 is 2.47 bits per heavy atom. The summed E-state index contributed by atoms with van der Waals surface area (Å²) < 4.78 is 0. The number of hydrogen-bond acceptors (Lipinski definition) is 0. The molecule has 0 aromatic heterocycles. The summed E-state index contributed by atoms with van der Waals surface area (Å²) in [6, 6.07) is 0. The summed E-state index contributed by atoms with van der Waals surface area (Å²) in [7, 11) is 0. The largest absolute Gasteiger partial charge is 0.0622 e. The lowest BCUT2D eigenvalue weighted by Crippen LogP contribution is -2.30. The molecular formula is C15H26. The minimum atomic E-state index is 0.640. The lowest BCUT2D eigenvalue weighted by Gasteiger charge is -2.39. The average Bonchev–Trinajstić information content (AvgIpc) is 2.57. The molecule has 0 nitrogen and oxygen atoms in total.